The predicted octanol–water partition coefficient (Wildman–Crippen LogP) is 3.06. The Balaban J connectivity index is 1.77. The van der Waals surface area contributed by atoms with E-state index < -0.39 is 0 Å². The van der Waals surface area contributed by atoms with Crippen LogP contribution in [0.5, 0.6) is 0 Å². The molecule has 0 amide bonds. The number of hydrogen-bond acceptors (Lipinski definition) is 2. The van der Waals surface area contributed by atoms with E-state index in [1.165, 1.54) is 31.2 Å². The molecule has 0 spiro atoms. The van der Waals surface area contributed by atoms with Gasteiger partial charge in [0.05, 0.1) is 5.69 Å². The van der Waals surface area contributed by atoms with Gasteiger partial charge in [-0.25, -0.2) is 0 Å². The summed E-state index contributed by atoms with van der Waals surface area (Å²) >= 11 is 0. The molecule has 2 heteroatoms. The van der Waals surface area contributed by atoms with Gasteiger partial charge in [-0.1, -0.05) is 19.4 Å². The normalized spacial score (nSPS) is 18.1. The van der Waals surface area contributed by atoms with Gasteiger partial charge in [-0.2, -0.15) is 0 Å². The Morgan fingerprint density at radius 1 is 1.38 bits per heavy atom. The van der Waals surface area contributed by atoms with Crippen molar-refractivity contribution in [3.63, 3.8) is 0 Å². The number of hydrogen-bond donors (Lipinski definition) is 1. The van der Waals surface area contributed by atoms with Gasteiger partial charge in [0.25, 0.3) is 0 Å². The first-order valence-corrected chi connectivity index (χ1v) is 6.36. The van der Waals surface area contributed by atoms with Crippen LogP contribution in [0.25, 0.3) is 0 Å². The Morgan fingerprint density at radius 2 is 2.19 bits per heavy atom. The maximum Gasteiger partial charge on any atom is 0.0541 e. The quantitative estimate of drug-likeness (QED) is 0.821. The van der Waals surface area contributed by atoms with E-state index in [-0.39, 0.29) is 0 Å². The molecule has 1 N–H and O–H groups in total. The lowest BCUT2D eigenvalue weighted by molar-refractivity contribution is 0.123. The lowest BCUT2D eigenvalue weighted by atomic mass is 9.67. The molecule has 1 aliphatic carbocycles. The molecule has 2 nitrogen and oxygen atoms in total. The second kappa shape index (κ2) is 4.96. The Labute approximate surface area is 98.5 Å². The Bertz CT molecular complexity index is 320. The van der Waals surface area contributed by atoms with Crippen LogP contribution in [0.15, 0.2) is 18.3 Å². The standard InChI is InChI=1S/C14H22N2/c1-3-14(7-4-8-14)11-15-10-13-6-5-12(2)9-16-13/h5-6,9,15H,3-4,7-8,10-11H2,1-2H3. The number of nitrogens with one attached hydrogen (secondary N) is 1. The van der Waals surface area contributed by atoms with Crippen LogP contribution in [0, 0.1) is 12.3 Å². The summed E-state index contributed by atoms with van der Waals surface area (Å²) in [7, 11) is 0. The van der Waals surface area contributed by atoms with E-state index in [0.29, 0.717) is 5.41 Å². The lowest BCUT2D eigenvalue weighted by Crippen LogP contribution is -2.39. The highest BCUT2D eigenvalue weighted by Crippen LogP contribution is 2.43. The van der Waals surface area contributed by atoms with Crippen LogP contribution in [-0.2, 0) is 6.54 Å². The van der Waals surface area contributed by atoms with Crippen molar-refractivity contribution in [2.45, 2.75) is 46.1 Å². The number of rotatable bonds is 5. The molecule has 0 saturated heterocycles. The molecule has 0 atom stereocenters. The van der Waals surface area contributed by atoms with Crippen molar-refractivity contribution in [3.8, 4) is 0 Å². The van der Waals surface area contributed by atoms with Crippen molar-refractivity contribution in [2.75, 3.05) is 6.54 Å². The SMILES string of the molecule is CCC1(CNCc2ccc(C)cn2)CCC1. The van der Waals surface area contributed by atoms with Crippen molar-refractivity contribution in [3.05, 3.63) is 29.6 Å². The topological polar surface area (TPSA) is 24.9 Å². The zero-order valence-corrected chi connectivity index (χ0v) is 10.4. The third-order valence-electron chi connectivity index (χ3n) is 3.94. The first-order chi connectivity index (χ1) is 7.74. The molecule has 1 aromatic heterocycles. The molecule has 0 radical (unpaired) electrons. The fraction of sp³-hybridized carbons (Fsp3) is 0.643. The molecule has 0 aliphatic heterocycles. The molecule has 1 aliphatic rings. The highest BCUT2D eigenvalue weighted by Gasteiger charge is 2.34. The zero-order valence-electron chi connectivity index (χ0n) is 10.4. The highest BCUT2D eigenvalue weighted by atomic mass is 14.9. The molecule has 0 bridgehead atoms. The molecule has 1 fully saturated rings. The van der Waals surface area contributed by atoms with E-state index in [9.17, 15) is 0 Å². The van der Waals surface area contributed by atoms with Gasteiger partial charge in [-0.15, -0.1) is 0 Å². The van der Waals surface area contributed by atoms with Crippen molar-refractivity contribution < 1.29 is 0 Å². The van der Waals surface area contributed by atoms with Gasteiger partial charge in [-0.3, -0.25) is 4.98 Å². The largest absolute Gasteiger partial charge is 0.311 e. The summed E-state index contributed by atoms with van der Waals surface area (Å²) in [5.41, 5.74) is 2.98. The first kappa shape index (κ1) is 11.6. The monoisotopic (exact) mass is 218 g/mol. The lowest BCUT2D eigenvalue weighted by Gasteiger charge is -2.41. The van der Waals surface area contributed by atoms with E-state index in [1.807, 2.05) is 6.20 Å². The van der Waals surface area contributed by atoms with Crippen molar-refractivity contribution in [1.82, 2.24) is 10.3 Å². The van der Waals surface area contributed by atoms with Gasteiger partial charge in [0.1, 0.15) is 0 Å². The molecule has 1 saturated carbocycles. The minimum Gasteiger partial charge on any atom is -0.311 e. The minimum absolute atomic E-state index is 0.602. The van der Waals surface area contributed by atoms with Gasteiger partial charge < -0.3 is 5.32 Å². The molecule has 0 aromatic carbocycles. The number of aryl methyl sites for hydroxylation is 1. The van der Waals surface area contributed by atoms with E-state index in [0.717, 1.165) is 18.8 Å². The van der Waals surface area contributed by atoms with Gasteiger partial charge in [0.15, 0.2) is 0 Å². The number of nitrogens with zero attached hydrogens (tertiary/aromatic N) is 1. The van der Waals surface area contributed by atoms with Crippen molar-refractivity contribution >= 4 is 0 Å². The first-order valence-electron chi connectivity index (χ1n) is 6.36. The van der Waals surface area contributed by atoms with Crippen molar-refractivity contribution in [1.29, 1.82) is 0 Å². The summed E-state index contributed by atoms with van der Waals surface area (Å²) in [6.45, 7) is 6.44. The van der Waals surface area contributed by atoms with Gasteiger partial charge in [0.2, 0.25) is 0 Å². The second-order valence-corrected chi connectivity index (χ2v) is 5.14. The Morgan fingerprint density at radius 3 is 2.69 bits per heavy atom. The summed E-state index contributed by atoms with van der Waals surface area (Å²) in [6.07, 6.45) is 7.46. The summed E-state index contributed by atoms with van der Waals surface area (Å²) in [6, 6.07) is 4.24. The van der Waals surface area contributed by atoms with E-state index in [2.05, 4.69) is 36.3 Å². The van der Waals surface area contributed by atoms with Crippen LogP contribution in [0.2, 0.25) is 0 Å². The molecular weight excluding hydrogens is 196 g/mol. The van der Waals surface area contributed by atoms with Crippen LogP contribution >= 0.6 is 0 Å². The van der Waals surface area contributed by atoms with E-state index in [4.69, 9.17) is 0 Å². The van der Waals surface area contributed by atoms with Crippen molar-refractivity contribution in [2.24, 2.45) is 5.41 Å². The van der Waals surface area contributed by atoms with Gasteiger partial charge in [-0.05, 0) is 43.2 Å². The van der Waals surface area contributed by atoms with Crippen LogP contribution in [0.1, 0.15) is 43.9 Å². The Hall–Kier alpha value is -0.890. The average Bonchev–Trinajstić information content (AvgIpc) is 2.25. The summed E-state index contributed by atoms with van der Waals surface area (Å²) in [5.74, 6) is 0. The molecule has 88 valence electrons. The molecule has 16 heavy (non-hydrogen) atoms. The maximum atomic E-state index is 4.41. The molecule has 1 heterocycles. The average molecular weight is 218 g/mol. The third kappa shape index (κ3) is 2.62. The fourth-order valence-electron chi connectivity index (χ4n) is 2.39. The van der Waals surface area contributed by atoms with Crippen LogP contribution in [-0.4, -0.2) is 11.5 Å². The summed E-state index contributed by atoms with van der Waals surface area (Å²) < 4.78 is 0. The summed E-state index contributed by atoms with van der Waals surface area (Å²) in [4.78, 5) is 4.41. The zero-order chi connectivity index (χ0) is 11.4. The smallest absolute Gasteiger partial charge is 0.0541 e. The number of aromatic nitrogens is 1. The van der Waals surface area contributed by atoms with Crippen LogP contribution in [0.4, 0.5) is 0 Å². The van der Waals surface area contributed by atoms with Crippen LogP contribution < -0.4 is 5.32 Å². The molecular formula is C14H22N2. The Kier molecular flexibility index (Phi) is 3.59. The highest BCUT2D eigenvalue weighted by molar-refractivity contribution is 5.12. The van der Waals surface area contributed by atoms with E-state index >= 15 is 0 Å². The second-order valence-electron chi connectivity index (χ2n) is 5.14. The minimum atomic E-state index is 0.602. The number of pyridine rings is 1. The summed E-state index contributed by atoms with van der Waals surface area (Å²) in [5, 5.41) is 3.55. The van der Waals surface area contributed by atoms with Crippen LogP contribution in [0.3, 0.4) is 0 Å². The van der Waals surface area contributed by atoms with E-state index in [1.54, 1.807) is 0 Å². The predicted molar refractivity (Wildman–Crippen MR) is 67.3 cm³/mol. The molecule has 2 rings (SSSR count). The fourth-order valence-corrected chi connectivity index (χ4v) is 2.39. The van der Waals surface area contributed by atoms with Gasteiger partial charge >= 0.3 is 0 Å². The van der Waals surface area contributed by atoms with Gasteiger partial charge in [0, 0.05) is 19.3 Å². The molecule has 1 aromatic rings. The molecule has 0 unspecified atom stereocenters. The maximum absolute atomic E-state index is 4.41. The third-order valence-corrected chi connectivity index (χ3v) is 3.94.